The van der Waals surface area contributed by atoms with Gasteiger partial charge in [-0.15, -0.1) is 0 Å². The van der Waals surface area contributed by atoms with Gasteiger partial charge in [0.1, 0.15) is 5.75 Å². The Labute approximate surface area is 131 Å². The monoisotopic (exact) mass is 291 g/mol. The van der Waals surface area contributed by atoms with Gasteiger partial charge >= 0.3 is 0 Å². The van der Waals surface area contributed by atoms with Crippen LogP contribution in [0.4, 0.5) is 5.69 Å². The molecule has 0 aliphatic rings. The summed E-state index contributed by atoms with van der Waals surface area (Å²) < 4.78 is 0. The molecule has 0 fully saturated rings. The first-order valence-electron chi connectivity index (χ1n) is 8.65. The second-order valence-electron chi connectivity index (χ2n) is 6.24. The Bertz CT molecular complexity index is 404. The normalized spacial score (nSPS) is 11.1. The van der Waals surface area contributed by atoms with Crippen molar-refractivity contribution in [3.63, 3.8) is 0 Å². The zero-order chi connectivity index (χ0) is 15.7. The minimum atomic E-state index is 0.431. The molecular formula is C19H33NO. The van der Waals surface area contributed by atoms with Gasteiger partial charge in [0.25, 0.3) is 0 Å². The molecule has 0 aromatic heterocycles. The first-order valence-corrected chi connectivity index (χ1v) is 8.65. The Hall–Kier alpha value is -1.18. The maximum Gasteiger partial charge on any atom is 0.123 e. The summed E-state index contributed by atoms with van der Waals surface area (Å²) in [5.41, 5.74) is 3.02. The van der Waals surface area contributed by atoms with Crippen molar-refractivity contribution in [3.8, 4) is 5.75 Å². The summed E-state index contributed by atoms with van der Waals surface area (Å²) >= 11 is 0. The zero-order valence-corrected chi connectivity index (χ0v) is 14.3. The molecule has 2 N–H and O–H groups in total. The lowest BCUT2D eigenvalue weighted by Crippen LogP contribution is -2.20. The van der Waals surface area contributed by atoms with Crippen molar-refractivity contribution in [3.05, 3.63) is 23.3 Å². The van der Waals surface area contributed by atoms with Crippen LogP contribution < -0.4 is 5.32 Å². The molecule has 0 heterocycles. The van der Waals surface area contributed by atoms with Crippen LogP contribution >= 0.6 is 0 Å². The van der Waals surface area contributed by atoms with Gasteiger partial charge in [0.05, 0.1) is 0 Å². The van der Waals surface area contributed by atoms with Crippen LogP contribution in [0.25, 0.3) is 0 Å². The van der Waals surface area contributed by atoms with Crippen molar-refractivity contribution in [2.45, 2.75) is 85.1 Å². The summed E-state index contributed by atoms with van der Waals surface area (Å²) in [4.78, 5) is 0. The van der Waals surface area contributed by atoms with Crippen molar-refractivity contribution in [2.75, 3.05) is 5.32 Å². The van der Waals surface area contributed by atoms with E-state index in [0.29, 0.717) is 11.8 Å². The molecule has 0 radical (unpaired) electrons. The van der Waals surface area contributed by atoms with Crippen molar-refractivity contribution in [1.82, 2.24) is 0 Å². The lowest BCUT2D eigenvalue weighted by atomic mass is 10.0. The molecule has 1 aromatic carbocycles. The maximum atomic E-state index is 10.1. The van der Waals surface area contributed by atoms with Crippen LogP contribution in [0.15, 0.2) is 12.1 Å². The van der Waals surface area contributed by atoms with Gasteiger partial charge in [-0.05, 0) is 38.3 Å². The Balaban J connectivity index is 2.67. The fourth-order valence-corrected chi connectivity index (χ4v) is 2.78. The molecule has 120 valence electrons. The molecule has 0 saturated heterocycles. The van der Waals surface area contributed by atoms with Crippen molar-refractivity contribution in [1.29, 1.82) is 0 Å². The van der Waals surface area contributed by atoms with Gasteiger partial charge in [0, 0.05) is 17.3 Å². The fourth-order valence-electron chi connectivity index (χ4n) is 2.78. The number of rotatable bonds is 10. The van der Waals surface area contributed by atoms with Crippen LogP contribution in [0, 0.1) is 13.8 Å². The Morgan fingerprint density at radius 3 is 2.05 bits per heavy atom. The molecular weight excluding hydrogens is 258 g/mol. The topological polar surface area (TPSA) is 32.3 Å². The van der Waals surface area contributed by atoms with Crippen molar-refractivity contribution < 1.29 is 5.11 Å². The van der Waals surface area contributed by atoms with Crippen LogP contribution in [0.5, 0.6) is 5.75 Å². The molecule has 0 aliphatic heterocycles. The highest BCUT2D eigenvalue weighted by atomic mass is 16.3. The molecule has 0 bridgehead atoms. The summed E-state index contributed by atoms with van der Waals surface area (Å²) in [7, 11) is 0. The minimum Gasteiger partial charge on any atom is -0.507 e. The Morgan fingerprint density at radius 1 is 0.952 bits per heavy atom. The van der Waals surface area contributed by atoms with E-state index in [0.717, 1.165) is 16.8 Å². The van der Waals surface area contributed by atoms with Gasteiger partial charge in [-0.3, -0.25) is 0 Å². The predicted octanol–water partition coefficient (Wildman–Crippen LogP) is 5.95. The first-order chi connectivity index (χ1) is 10.1. The number of nitrogens with one attached hydrogen (secondary N) is 1. The van der Waals surface area contributed by atoms with Crippen LogP contribution in [0.3, 0.4) is 0 Å². The number of aromatic hydroxyl groups is 1. The highest BCUT2D eigenvalue weighted by Crippen LogP contribution is 2.29. The molecule has 1 rings (SSSR count). The smallest absolute Gasteiger partial charge is 0.123 e. The lowest BCUT2D eigenvalue weighted by Gasteiger charge is -2.22. The van der Waals surface area contributed by atoms with Gasteiger partial charge in [-0.1, -0.05) is 58.4 Å². The highest BCUT2D eigenvalue weighted by Gasteiger charge is 2.12. The minimum absolute atomic E-state index is 0.431. The summed E-state index contributed by atoms with van der Waals surface area (Å²) in [5.74, 6) is 0.431. The van der Waals surface area contributed by atoms with Crippen LogP contribution in [-0.4, -0.2) is 11.1 Å². The molecule has 0 unspecified atom stereocenters. The highest BCUT2D eigenvalue weighted by molar-refractivity contribution is 5.59. The van der Waals surface area contributed by atoms with E-state index in [2.05, 4.69) is 25.2 Å². The lowest BCUT2D eigenvalue weighted by molar-refractivity contribution is 0.466. The van der Waals surface area contributed by atoms with E-state index in [9.17, 15) is 5.11 Å². The number of aryl methyl sites for hydroxylation is 1. The van der Waals surface area contributed by atoms with Crippen LogP contribution in [-0.2, 0) is 0 Å². The number of phenols is 1. The summed E-state index contributed by atoms with van der Waals surface area (Å²) in [6.45, 7) is 8.45. The van der Waals surface area contributed by atoms with E-state index in [1.54, 1.807) is 0 Å². The molecule has 2 nitrogen and oxygen atoms in total. The Kier molecular flexibility index (Phi) is 8.26. The average Bonchev–Trinajstić information content (AvgIpc) is 2.48. The summed E-state index contributed by atoms with van der Waals surface area (Å²) in [6.07, 6.45) is 10.2. The molecule has 0 amide bonds. The number of anilines is 1. The van der Waals surface area contributed by atoms with Crippen LogP contribution in [0.1, 0.15) is 76.3 Å². The van der Waals surface area contributed by atoms with E-state index in [4.69, 9.17) is 0 Å². The summed E-state index contributed by atoms with van der Waals surface area (Å²) in [6, 6.07) is 4.64. The largest absolute Gasteiger partial charge is 0.507 e. The van der Waals surface area contributed by atoms with Gasteiger partial charge in [0.2, 0.25) is 0 Å². The number of benzene rings is 1. The van der Waals surface area contributed by atoms with Gasteiger partial charge in [-0.25, -0.2) is 0 Å². The number of phenolic OH excluding ortho intramolecular Hbond substituents is 1. The molecule has 0 saturated carbocycles. The standard InChI is InChI=1S/C19H33NO/c1-5-7-9-11-17(12-10-8-6-2)20-18-14-13-15(3)19(21)16(18)4/h13-14,17,20-21H,5-12H2,1-4H3. The molecule has 1 aromatic rings. The fraction of sp³-hybridized carbons (Fsp3) is 0.684. The average molecular weight is 291 g/mol. The van der Waals surface area contributed by atoms with E-state index >= 15 is 0 Å². The SMILES string of the molecule is CCCCCC(CCCCC)Nc1ccc(C)c(O)c1C. The second-order valence-corrected chi connectivity index (χ2v) is 6.24. The number of unbranched alkanes of at least 4 members (excludes halogenated alkanes) is 4. The number of hydrogen-bond acceptors (Lipinski definition) is 2. The van der Waals surface area contributed by atoms with E-state index < -0.39 is 0 Å². The third-order valence-corrected chi connectivity index (χ3v) is 4.30. The zero-order valence-electron chi connectivity index (χ0n) is 14.3. The van der Waals surface area contributed by atoms with E-state index in [-0.39, 0.29) is 0 Å². The first kappa shape index (κ1) is 17.9. The summed E-state index contributed by atoms with van der Waals surface area (Å²) in [5, 5.41) is 13.8. The van der Waals surface area contributed by atoms with Gasteiger partial charge in [0.15, 0.2) is 0 Å². The third-order valence-electron chi connectivity index (χ3n) is 4.30. The maximum absolute atomic E-state index is 10.1. The molecule has 0 spiro atoms. The molecule has 21 heavy (non-hydrogen) atoms. The van der Waals surface area contributed by atoms with Gasteiger partial charge < -0.3 is 10.4 Å². The van der Waals surface area contributed by atoms with Crippen LogP contribution in [0.2, 0.25) is 0 Å². The molecule has 2 heteroatoms. The van der Waals surface area contributed by atoms with Crippen molar-refractivity contribution >= 4 is 5.69 Å². The quantitative estimate of drug-likeness (QED) is 0.522. The molecule has 0 atom stereocenters. The number of hydrogen-bond donors (Lipinski definition) is 2. The second kappa shape index (κ2) is 9.70. The van der Waals surface area contributed by atoms with Gasteiger partial charge in [-0.2, -0.15) is 0 Å². The van der Waals surface area contributed by atoms with Crippen molar-refractivity contribution in [2.24, 2.45) is 0 Å². The van der Waals surface area contributed by atoms with E-state index in [1.165, 1.54) is 51.4 Å². The van der Waals surface area contributed by atoms with E-state index in [1.807, 2.05) is 19.9 Å². The predicted molar refractivity (Wildman–Crippen MR) is 93.3 cm³/mol. The third kappa shape index (κ3) is 5.99. The Morgan fingerprint density at radius 2 is 1.52 bits per heavy atom. The molecule has 0 aliphatic carbocycles.